The predicted octanol–water partition coefficient (Wildman–Crippen LogP) is 1.64. The number of rotatable bonds is 6. The Balaban J connectivity index is 1.44. The van der Waals surface area contributed by atoms with Gasteiger partial charge in [0, 0.05) is 12.1 Å². The van der Waals surface area contributed by atoms with Crippen molar-refractivity contribution in [1.82, 2.24) is 20.6 Å². The molecule has 1 aliphatic heterocycles. The standard InChI is InChI=1S/C26H27N5O7/c1-13(25(36)38-26(2,3)4)28-22(33)15-6-7-17-16(10-15)23(34)31-21(30-17)24(35)27-11-14-5-8-19-18(9-14)29-20(32)12-37-19/h5-10,13H,11-12H2,1-4H3,(H,27,35)(H,28,33)(H,29,32)(H,30,31,34)/t13-/m1/s1. The van der Waals surface area contributed by atoms with Crippen LogP contribution in [0.4, 0.5) is 5.69 Å². The summed E-state index contributed by atoms with van der Waals surface area (Å²) in [5.41, 5.74) is 0.247. The Morgan fingerprint density at radius 1 is 1.11 bits per heavy atom. The molecule has 0 aliphatic carbocycles. The van der Waals surface area contributed by atoms with E-state index < -0.39 is 35.0 Å². The maximum Gasteiger partial charge on any atom is 0.328 e. The molecular formula is C26H27N5O7. The van der Waals surface area contributed by atoms with Gasteiger partial charge in [0.15, 0.2) is 12.4 Å². The van der Waals surface area contributed by atoms with Gasteiger partial charge >= 0.3 is 5.97 Å². The number of aromatic amines is 1. The minimum atomic E-state index is -0.904. The summed E-state index contributed by atoms with van der Waals surface area (Å²) in [7, 11) is 0. The summed E-state index contributed by atoms with van der Waals surface area (Å²) >= 11 is 0. The summed E-state index contributed by atoms with van der Waals surface area (Å²) in [6.45, 7) is 6.72. The van der Waals surface area contributed by atoms with E-state index in [1.165, 1.54) is 25.1 Å². The molecule has 1 aliphatic rings. The summed E-state index contributed by atoms with van der Waals surface area (Å²) in [4.78, 5) is 68.3. The molecule has 38 heavy (non-hydrogen) atoms. The fraction of sp³-hybridized carbons (Fsp3) is 0.308. The first-order chi connectivity index (χ1) is 17.9. The lowest BCUT2D eigenvalue weighted by atomic mass is 10.1. The van der Waals surface area contributed by atoms with E-state index in [-0.39, 0.29) is 41.3 Å². The van der Waals surface area contributed by atoms with Crippen molar-refractivity contribution >= 4 is 40.3 Å². The number of fused-ring (bicyclic) bond motifs is 2. The molecule has 0 fully saturated rings. The van der Waals surface area contributed by atoms with Gasteiger partial charge in [0.2, 0.25) is 0 Å². The van der Waals surface area contributed by atoms with Crippen molar-refractivity contribution in [3.05, 3.63) is 63.7 Å². The Morgan fingerprint density at radius 2 is 1.87 bits per heavy atom. The lowest BCUT2D eigenvalue weighted by molar-refractivity contribution is -0.156. The van der Waals surface area contributed by atoms with Gasteiger partial charge in [-0.1, -0.05) is 6.07 Å². The highest BCUT2D eigenvalue weighted by atomic mass is 16.6. The molecule has 198 valence electrons. The van der Waals surface area contributed by atoms with Crippen LogP contribution in [0.25, 0.3) is 10.9 Å². The summed E-state index contributed by atoms with van der Waals surface area (Å²) in [5, 5.41) is 8.01. The van der Waals surface area contributed by atoms with Gasteiger partial charge in [-0.15, -0.1) is 0 Å². The molecule has 0 radical (unpaired) electrons. The minimum absolute atomic E-state index is 0.0541. The van der Waals surface area contributed by atoms with Crippen molar-refractivity contribution in [1.29, 1.82) is 0 Å². The lowest BCUT2D eigenvalue weighted by Gasteiger charge is -2.22. The number of amides is 3. The number of nitrogens with one attached hydrogen (secondary N) is 4. The van der Waals surface area contributed by atoms with Crippen LogP contribution in [0.5, 0.6) is 5.75 Å². The summed E-state index contributed by atoms with van der Waals surface area (Å²) in [5.74, 6) is -1.71. The molecule has 0 unspecified atom stereocenters. The van der Waals surface area contributed by atoms with Crippen molar-refractivity contribution in [3.63, 3.8) is 0 Å². The van der Waals surface area contributed by atoms with E-state index in [1.54, 1.807) is 39.0 Å². The second kappa shape index (κ2) is 10.3. The Morgan fingerprint density at radius 3 is 2.61 bits per heavy atom. The molecule has 0 spiro atoms. The number of aromatic nitrogens is 2. The van der Waals surface area contributed by atoms with Crippen LogP contribution in [-0.4, -0.2) is 51.9 Å². The number of hydrogen-bond acceptors (Lipinski definition) is 8. The second-order valence-corrected chi connectivity index (χ2v) is 9.73. The number of benzene rings is 2. The number of hydrogen-bond donors (Lipinski definition) is 4. The maximum atomic E-state index is 12.7. The number of ether oxygens (including phenoxy) is 2. The van der Waals surface area contributed by atoms with Gasteiger partial charge < -0.3 is 30.4 Å². The number of nitrogens with zero attached hydrogens (tertiary/aromatic N) is 1. The van der Waals surface area contributed by atoms with E-state index in [4.69, 9.17) is 9.47 Å². The van der Waals surface area contributed by atoms with E-state index >= 15 is 0 Å². The highest BCUT2D eigenvalue weighted by Gasteiger charge is 2.24. The zero-order chi connectivity index (χ0) is 27.6. The van der Waals surface area contributed by atoms with Crippen molar-refractivity contribution in [2.75, 3.05) is 11.9 Å². The summed E-state index contributed by atoms with van der Waals surface area (Å²) in [6, 6.07) is 8.43. The Hall–Kier alpha value is -4.74. The monoisotopic (exact) mass is 521 g/mol. The SMILES string of the molecule is C[C@@H](NC(=O)c1ccc2nc(C(=O)NCc3ccc4c(c3)NC(=O)CO4)[nH]c(=O)c2c1)C(=O)OC(C)(C)C. The fourth-order valence-electron chi connectivity index (χ4n) is 3.62. The van der Waals surface area contributed by atoms with Crippen molar-refractivity contribution in [2.24, 2.45) is 0 Å². The van der Waals surface area contributed by atoms with Gasteiger partial charge in [0.25, 0.3) is 23.3 Å². The Kier molecular flexibility index (Phi) is 7.15. The quantitative estimate of drug-likeness (QED) is 0.355. The van der Waals surface area contributed by atoms with E-state index in [0.717, 1.165) is 0 Å². The van der Waals surface area contributed by atoms with Crippen LogP contribution in [0.3, 0.4) is 0 Å². The normalized spacial score (nSPS) is 13.5. The first kappa shape index (κ1) is 26.3. The van der Waals surface area contributed by atoms with Crippen LogP contribution in [0.2, 0.25) is 0 Å². The average molecular weight is 522 g/mol. The highest BCUT2D eigenvalue weighted by molar-refractivity contribution is 6.00. The molecule has 12 heteroatoms. The number of esters is 1. The third kappa shape index (κ3) is 6.14. The molecule has 0 saturated carbocycles. The molecule has 4 N–H and O–H groups in total. The predicted molar refractivity (Wildman–Crippen MR) is 137 cm³/mol. The van der Waals surface area contributed by atoms with E-state index in [2.05, 4.69) is 25.9 Å². The lowest BCUT2D eigenvalue weighted by Crippen LogP contribution is -2.42. The van der Waals surface area contributed by atoms with Gasteiger partial charge in [0.05, 0.1) is 16.6 Å². The molecule has 2 aromatic carbocycles. The third-order valence-corrected chi connectivity index (χ3v) is 5.42. The topological polar surface area (TPSA) is 169 Å². The molecule has 12 nitrogen and oxygen atoms in total. The van der Waals surface area contributed by atoms with Gasteiger partial charge in [0.1, 0.15) is 17.4 Å². The van der Waals surface area contributed by atoms with Gasteiger partial charge in [-0.25, -0.2) is 9.78 Å². The molecule has 3 amide bonds. The molecule has 1 atom stereocenters. The van der Waals surface area contributed by atoms with Gasteiger partial charge in [-0.2, -0.15) is 0 Å². The molecule has 1 aromatic heterocycles. The van der Waals surface area contributed by atoms with E-state index in [9.17, 15) is 24.0 Å². The maximum absolute atomic E-state index is 12.7. The van der Waals surface area contributed by atoms with Gasteiger partial charge in [-0.05, 0) is 63.6 Å². The Bertz CT molecular complexity index is 1510. The van der Waals surface area contributed by atoms with Crippen molar-refractivity contribution < 1.29 is 28.7 Å². The molecular weight excluding hydrogens is 494 g/mol. The van der Waals surface area contributed by atoms with Crippen LogP contribution in [-0.2, 0) is 20.9 Å². The smallest absolute Gasteiger partial charge is 0.328 e. The van der Waals surface area contributed by atoms with Crippen molar-refractivity contribution in [2.45, 2.75) is 45.9 Å². The first-order valence-electron chi connectivity index (χ1n) is 11.8. The number of anilines is 1. The first-order valence-corrected chi connectivity index (χ1v) is 11.8. The zero-order valence-electron chi connectivity index (χ0n) is 21.3. The average Bonchev–Trinajstić information content (AvgIpc) is 2.85. The van der Waals surface area contributed by atoms with Crippen LogP contribution in [0.1, 0.15) is 54.2 Å². The summed E-state index contributed by atoms with van der Waals surface area (Å²) in [6.07, 6.45) is 0. The van der Waals surface area contributed by atoms with Crippen molar-refractivity contribution in [3.8, 4) is 5.75 Å². The molecule has 3 aromatic rings. The van der Waals surface area contributed by atoms with Crippen LogP contribution in [0, 0.1) is 0 Å². The zero-order valence-corrected chi connectivity index (χ0v) is 21.3. The number of carbonyl (C=O) groups is 4. The fourth-order valence-corrected chi connectivity index (χ4v) is 3.62. The van der Waals surface area contributed by atoms with Crippen LogP contribution < -0.4 is 26.2 Å². The number of carbonyl (C=O) groups excluding carboxylic acids is 4. The molecule has 0 bridgehead atoms. The summed E-state index contributed by atoms with van der Waals surface area (Å²) < 4.78 is 10.6. The minimum Gasteiger partial charge on any atom is -0.482 e. The molecule has 2 heterocycles. The van der Waals surface area contributed by atoms with E-state index in [0.29, 0.717) is 17.0 Å². The molecule has 4 rings (SSSR count). The number of H-pyrrole nitrogens is 1. The molecule has 0 saturated heterocycles. The van der Waals surface area contributed by atoms with Crippen LogP contribution in [0.15, 0.2) is 41.2 Å². The van der Waals surface area contributed by atoms with E-state index in [1.807, 2.05) is 0 Å². The Labute approximate surface area is 217 Å². The highest BCUT2D eigenvalue weighted by Crippen LogP contribution is 2.28. The second-order valence-electron chi connectivity index (χ2n) is 9.73. The third-order valence-electron chi connectivity index (χ3n) is 5.42. The largest absolute Gasteiger partial charge is 0.482 e. The van der Waals surface area contributed by atoms with Crippen LogP contribution >= 0.6 is 0 Å². The van der Waals surface area contributed by atoms with Gasteiger partial charge in [-0.3, -0.25) is 19.2 Å².